The summed E-state index contributed by atoms with van der Waals surface area (Å²) in [6, 6.07) is 12.2. The van der Waals surface area contributed by atoms with Crippen LogP contribution in [0.15, 0.2) is 53.2 Å². The number of carbonyl (C=O) groups is 2. The number of benzene rings is 1. The zero-order valence-electron chi connectivity index (χ0n) is 16.1. The van der Waals surface area contributed by atoms with Crippen molar-refractivity contribution in [1.29, 1.82) is 5.26 Å². The molecule has 1 aromatic carbocycles. The smallest absolute Gasteiger partial charge is 0.343 e. The lowest BCUT2D eigenvalue weighted by Gasteiger charge is -2.13. The van der Waals surface area contributed by atoms with Gasteiger partial charge in [-0.15, -0.1) is 0 Å². The third-order valence-electron chi connectivity index (χ3n) is 4.23. The second-order valence-electron chi connectivity index (χ2n) is 6.18. The lowest BCUT2D eigenvalue weighted by atomic mass is 10.1. The number of methoxy groups -OCH3 is 1. The fraction of sp³-hybridized carbons (Fsp3) is 0.190. The molecule has 0 saturated heterocycles. The quantitative estimate of drug-likeness (QED) is 0.643. The third-order valence-corrected chi connectivity index (χ3v) is 4.23. The first-order valence-electron chi connectivity index (χ1n) is 8.77. The van der Waals surface area contributed by atoms with Gasteiger partial charge in [-0.2, -0.15) is 5.26 Å². The Morgan fingerprint density at radius 1 is 1.21 bits per heavy atom. The number of nitrogens with one attached hydrogen (secondary N) is 1. The summed E-state index contributed by atoms with van der Waals surface area (Å²) in [5.74, 6) is -0.205. The van der Waals surface area contributed by atoms with E-state index in [2.05, 4.69) is 5.32 Å². The van der Waals surface area contributed by atoms with Crippen molar-refractivity contribution in [1.82, 2.24) is 4.57 Å². The highest BCUT2D eigenvalue weighted by Gasteiger charge is 2.28. The molecule has 0 aliphatic heterocycles. The third kappa shape index (κ3) is 4.14. The number of furan rings is 1. The van der Waals surface area contributed by atoms with Crippen molar-refractivity contribution in [2.24, 2.45) is 0 Å². The molecule has 8 nitrogen and oxygen atoms in total. The van der Waals surface area contributed by atoms with E-state index in [9.17, 15) is 14.9 Å². The van der Waals surface area contributed by atoms with Crippen LogP contribution in [0.5, 0.6) is 5.75 Å². The Kier molecular flexibility index (Phi) is 5.69. The van der Waals surface area contributed by atoms with Gasteiger partial charge in [0.1, 0.15) is 28.7 Å². The van der Waals surface area contributed by atoms with E-state index in [4.69, 9.17) is 13.9 Å². The van der Waals surface area contributed by atoms with Gasteiger partial charge in [0.2, 0.25) is 5.88 Å². The maximum absolute atomic E-state index is 12.6. The van der Waals surface area contributed by atoms with E-state index >= 15 is 0 Å². The van der Waals surface area contributed by atoms with Gasteiger partial charge >= 0.3 is 5.97 Å². The summed E-state index contributed by atoms with van der Waals surface area (Å²) in [6.45, 7) is 3.01. The van der Waals surface area contributed by atoms with E-state index in [1.54, 1.807) is 67.4 Å². The molecule has 148 valence electrons. The molecule has 0 fully saturated rings. The number of anilines is 1. The lowest BCUT2D eigenvalue weighted by molar-refractivity contribution is -0.123. The molecular formula is C21H19N3O5. The first kappa shape index (κ1) is 19.8. The molecule has 3 rings (SSSR count). The van der Waals surface area contributed by atoms with Crippen molar-refractivity contribution in [3.8, 4) is 17.7 Å². The van der Waals surface area contributed by atoms with Crippen molar-refractivity contribution in [3.05, 3.63) is 65.7 Å². The van der Waals surface area contributed by atoms with E-state index in [1.807, 2.05) is 6.07 Å². The SMILES string of the molecule is COc1ccc(NC(=O)[C@H](C)OC(=O)c2c(C)oc(-n3cccc3)c2C#N)cc1. The van der Waals surface area contributed by atoms with Crippen molar-refractivity contribution in [2.45, 2.75) is 20.0 Å². The monoisotopic (exact) mass is 393 g/mol. The van der Waals surface area contributed by atoms with Gasteiger partial charge in [-0.3, -0.25) is 9.36 Å². The van der Waals surface area contributed by atoms with E-state index in [0.717, 1.165) is 0 Å². The maximum Gasteiger partial charge on any atom is 0.343 e. The molecule has 0 bridgehead atoms. The minimum absolute atomic E-state index is 0.000275. The Balaban J connectivity index is 1.74. The Hall–Kier alpha value is -3.99. The first-order valence-corrected chi connectivity index (χ1v) is 8.77. The van der Waals surface area contributed by atoms with Crippen molar-refractivity contribution >= 4 is 17.6 Å². The average Bonchev–Trinajstić information content (AvgIpc) is 3.35. The first-order chi connectivity index (χ1) is 13.9. The van der Waals surface area contributed by atoms with E-state index in [-0.39, 0.29) is 22.8 Å². The summed E-state index contributed by atoms with van der Waals surface area (Å²) in [5, 5.41) is 12.2. The molecule has 1 amide bonds. The lowest BCUT2D eigenvalue weighted by Crippen LogP contribution is -2.30. The summed E-state index contributed by atoms with van der Waals surface area (Å²) < 4.78 is 17.5. The highest BCUT2D eigenvalue weighted by molar-refractivity contribution is 5.99. The predicted molar refractivity (Wildman–Crippen MR) is 104 cm³/mol. The van der Waals surface area contributed by atoms with Crippen LogP contribution in [0.4, 0.5) is 5.69 Å². The molecule has 1 atom stereocenters. The van der Waals surface area contributed by atoms with Gasteiger partial charge in [-0.25, -0.2) is 4.79 Å². The minimum Gasteiger partial charge on any atom is -0.497 e. The molecule has 2 heterocycles. The zero-order chi connectivity index (χ0) is 21.0. The molecule has 2 aromatic heterocycles. The minimum atomic E-state index is -1.08. The zero-order valence-corrected chi connectivity index (χ0v) is 16.1. The van der Waals surface area contributed by atoms with E-state index in [0.29, 0.717) is 11.4 Å². The molecule has 0 radical (unpaired) electrons. The number of aryl methyl sites for hydroxylation is 1. The maximum atomic E-state index is 12.6. The molecule has 0 saturated carbocycles. The van der Waals surface area contributed by atoms with Crippen molar-refractivity contribution < 1.29 is 23.5 Å². The second-order valence-corrected chi connectivity index (χ2v) is 6.18. The number of rotatable bonds is 6. The largest absolute Gasteiger partial charge is 0.497 e. The number of aromatic nitrogens is 1. The Morgan fingerprint density at radius 2 is 1.86 bits per heavy atom. The second kappa shape index (κ2) is 8.35. The average molecular weight is 393 g/mol. The Morgan fingerprint density at radius 3 is 2.45 bits per heavy atom. The predicted octanol–water partition coefficient (Wildman–Crippen LogP) is 3.44. The number of nitriles is 1. The van der Waals surface area contributed by atoms with E-state index in [1.165, 1.54) is 6.92 Å². The van der Waals surface area contributed by atoms with Crippen LogP contribution in [-0.4, -0.2) is 29.7 Å². The summed E-state index contributed by atoms with van der Waals surface area (Å²) in [7, 11) is 1.55. The number of esters is 1. The number of ether oxygens (including phenoxy) is 2. The van der Waals surface area contributed by atoms with Crippen LogP contribution in [0.2, 0.25) is 0 Å². The molecule has 3 aromatic rings. The van der Waals surface area contributed by atoms with Gasteiger partial charge < -0.3 is 19.2 Å². The number of carbonyl (C=O) groups excluding carboxylic acids is 2. The fourth-order valence-electron chi connectivity index (χ4n) is 2.72. The van der Waals surface area contributed by atoms with Crippen LogP contribution in [0.25, 0.3) is 5.88 Å². The van der Waals surface area contributed by atoms with Crippen LogP contribution in [0, 0.1) is 18.3 Å². The van der Waals surface area contributed by atoms with Crippen molar-refractivity contribution in [2.75, 3.05) is 12.4 Å². The fourth-order valence-corrected chi connectivity index (χ4v) is 2.72. The van der Waals surface area contributed by atoms with Crippen LogP contribution in [0.1, 0.15) is 28.6 Å². The van der Waals surface area contributed by atoms with Crippen LogP contribution in [-0.2, 0) is 9.53 Å². The highest BCUT2D eigenvalue weighted by Crippen LogP contribution is 2.26. The molecule has 0 aliphatic rings. The molecule has 1 N–H and O–H groups in total. The molecule has 29 heavy (non-hydrogen) atoms. The van der Waals surface area contributed by atoms with E-state index < -0.39 is 18.0 Å². The van der Waals surface area contributed by atoms with Crippen LogP contribution < -0.4 is 10.1 Å². The molecule has 0 aliphatic carbocycles. The molecular weight excluding hydrogens is 374 g/mol. The Labute approximate surface area is 167 Å². The van der Waals surface area contributed by atoms with Crippen LogP contribution >= 0.6 is 0 Å². The van der Waals surface area contributed by atoms with Crippen molar-refractivity contribution in [3.63, 3.8) is 0 Å². The summed E-state index contributed by atoms with van der Waals surface area (Å²) in [5.41, 5.74) is 0.581. The summed E-state index contributed by atoms with van der Waals surface area (Å²) in [6.07, 6.45) is 2.30. The normalized spacial score (nSPS) is 11.4. The van der Waals surface area contributed by atoms with Gasteiger partial charge in [0, 0.05) is 18.1 Å². The standard InChI is InChI=1S/C21H19N3O5/c1-13-18(17(12-22)20(28-13)24-10-4-5-11-24)21(26)29-14(2)19(25)23-15-6-8-16(27-3)9-7-15/h4-11,14H,1-3H3,(H,23,25)/t14-/m0/s1. The van der Waals surface area contributed by atoms with Crippen LogP contribution in [0.3, 0.4) is 0 Å². The topological polar surface area (TPSA) is 106 Å². The molecule has 8 heteroatoms. The van der Waals surface area contributed by atoms with Gasteiger partial charge in [0.15, 0.2) is 6.10 Å². The molecule has 0 spiro atoms. The number of nitrogens with zero attached hydrogens (tertiary/aromatic N) is 2. The highest BCUT2D eigenvalue weighted by atomic mass is 16.5. The summed E-state index contributed by atoms with van der Waals surface area (Å²) in [4.78, 5) is 25.0. The summed E-state index contributed by atoms with van der Waals surface area (Å²) >= 11 is 0. The van der Waals surface area contributed by atoms with Gasteiger partial charge in [0.25, 0.3) is 5.91 Å². The number of hydrogen-bond donors (Lipinski definition) is 1. The van der Waals surface area contributed by atoms with Gasteiger partial charge in [-0.05, 0) is 50.2 Å². The Bertz CT molecular complexity index is 1060. The molecule has 0 unspecified atom stereocenters. The van der Waals surface area contributed by atoms with Gasteiger partial charge in [-0.1, -0.05) is 0 Å². The number of hydrogen-bond acceptors (Lipinski definition) is 6. The number of amides is 1. The van der Waals surface area contributed by atoms with Gasteiger partial charge in [0.05, 0.1) is 7.11 Å².